The minimum atomic E-state index is -0.0465. The highest BCUT2D eigenvalue weighted by Gasteiger charge is 2.29. The molecule has 0 bridgehead atoms. The van der Waals surface area contributed by atoms with Gasteiger partial charge in [0, 0.05) is 26.2 Å². The first-order valence-corrected chi connectivity index (χ1v) is 7.62. The monoisotopic (exact) mass is 298 g/mol. The number of hydrogen-bond donors (Lipinski definition) is 1. The van der Waals surface area contributed by atoms with Crippen molar-refractivity contribution in [2.24, 2.45) is 7.05 Å². The van der Waals surface area contributed by atoms with Gasteiger partial charge >= 0.3 is 0 Å². The largest absolute Gasteiger partial charge is 0.358 e. The number of nitrogens with one attached hydrogen (secondary N) is 1. The normalized spacial score (nSPS) is 20.1. The zero-order chi connectivity index (χ0) is 14.7. The Hall–Kier alpha value is -1.07. The number of amides is 1. The van der Waals surface area contributed by atoms with E-state index in [1.54, 1.807) is 11.7 Å². The summed E-state index contributed by atoms with van der Waals surface area (Å²) in [6.45, 7) is 3.72. The lowest BCUT2D eigenvalue weighted by Crippen LogP contribution is -2.48. The Morgan fingerprint density at radius 3 is 2.90 bits per heavy atom. The topological polar surface area (TPSA) is 50.2 Å². The van der Waals surface area contributed by atoms with Gasteiger partial charge in [-0.2, -0.15) is 5.10 Å². The number of hydrogen-bond acceptors (Lipinski definition) is 3. The van der Waals surface area contributed by atoms with Gasteiger partial charge in [0.1, 0.15) is 5.15 Å². The Morgan fingerprint density at radius 1 is 1.50 bits per heavy atom. The number of halogens is 1. The molecule has 0 saturated carbocycles. The lowest BCUT2D eigenvalue weighted by molar-refractivity contribution is -0.127. The molecular formula is C14H23ClN4O. The summed E-state index contributed by atoms with van der Waals surface area (Å²) in [5.74, 6) is 0.0998. The van der Waals surface area contributed by atoms with Crippen LogP contribution < -0.4 is 5.32 Å². The average Bonchev–Trinajstić information content (AvgIpc) is 2.74. The predicted octanol–water partition coefficient (Wildman–Crippen LogP) is 1.74. The number of rotatable bonds is 4. The fourth-order valence-electron chi connectivity index (χ4n) is 2.89. The molecule has 112 valence electrons. The Morgan fingerprint density at radius 2 is 2.25 bits per heavy atom. The lowest BCUT2D eigenvalue weighted by Gasteiger charge is -2.34. The van der Waals surface area contributed by atoms with Gasteiger partial charge in [-0.3, -0.25) is 14.4 Å². The van der Waals surface area contributed by atoms with Crippen LogP contribution in [0.5, 0.6) is 0 Å². The summed E-state index contributed by atoms with van der Waals surface area (Å²) in [5, 5.41) is 7.89. The molecule has 1 N–H and O–H groups in total. The van der Waals surface area contributed by atoms with Crippen LogP contribution in [0.2, 0.25) is 5.15 Å². The van der Waals surface area contributed by atoms with E-state index in [0.717, 1.165) is 43.5 Å². The third kappa shape index (κ3) is 2.99. The van der Waals surface area contributed by atoms with Gasteiger partial charge in [0.25, 0.3) is 0 Å². The van der Waals surface area contributed by atoms with Crippen molar-refractivity contribution >= 4 is 17.5 Å². The predicted molar refractivity (Wildman–Crippen MR) is 79.7 cm³/mol. The van der Waals surface area contributed by atoms with Gasteiger partial charge in [-0.1, -0.05) is 24.9 Å². The van der Waals surface area contributed by atoms with E-state index in [1.807, 2.05) is 7.05 Å². The molecule has 0 radical (unpaired) electrons. The fraction of sp³-hybridized carbons (Fsp3) is 0.714. The van der Waals surface area contributed by atoms with E-state index in [4.69, 9.17) is 11.6 Å². The molecule has 1 aliphatic rings. The van der Waals surface area contributed by atoms with Gasteiger partial charge in [0.2, 0.25) is 5.91 Å². The molecule has 2 rings (SSSR count). The van der Waals surface area contributed by atoms with Crippen LogP contribution in [0.3, 0.4) is 0 Å². The van der Waals surface area contributed by atoms with E-state index < -0.39 is 0 Å². The summed E-state index contributed by atoms with van der Waals surface area (Å²) in [6, 6.07) is -0.0465. The Bertz CT molecular complexity index is 486. The molecule has 0 aromatic carbocycles. The van der Waals surface area contributed by atoms with E-state index in [-0.39, 0.29) is 11.9 Å². The highest BCUT2D eigenvalue weighted by atomic mass is 35.5. The highest BCUT2D eigenvalue weighted by Crippen LogP contribution is 2.25. The number of carbonyl (C=O) groups is 1. The molecule has 1 aromatic heterocycles. The molecule has 6 heteroatoms. The van der Waals surface area contributed by atoms with Crippen molar-refractivity contribution in [1.29, 1.82) is 0 Å². The molecule has 0 aliphatic carbocycles. The van der Waals surface area contributed by atoms with Crippen LogP contribution in [0, 0.1) is 0 Å². The lowest BCUT2D eigenvalue weighted by atomic mass is 10.0. The van der Waals surface area contributed by atoms with Gasteiger partial charge in [0.15, 0.2) is 0 Å². The molecule has 1 saturated heterocycles. The summed E-state index contributed by atoms with van der Waals surface area (Å²) in [4.78, 5) is 14.2. The maximum absolute atomic E-state index is 12.0. The molecule has 0 spiro atoms. The molecule has 5 nitrogen and oxygen atoms in total. The molecule has 20 heavy (non-hydrogen) atoms. The van der Waals surface area contributed by atoms with Crippen molar-refractivity contribution in [2.75, 3.05) is 13.6 Å². The van der Waals surface area contributed by atoms with E-state index in [1.165, 1.54) is 0 Å². The van der Waals surface area contributed by atoms with E-state index >= 15 is 0 Å². The maximum Gasteiger partial charge on any atom is 0.237 e. The van der Waals surface area contributed by atoms with E-state index in [9.17, 15) is 4.79 Å². The molecule has 2 heterocycles. The molecule has 1 fully saturated rings. The minimum absolute atomic E-state index is 0.0465. The van der Waals surface area contributed by atoms with E-state index in [2.05, 4.69) is 22.2 Å². The van der Waals surface area contributed by atoms with Crippen molar-refractivity contribution < 1.29 is 4.79 Å². The van der Waals surface area contributed by atoms with Crippen LogP contribution in [0.1, 0.15) is 37.4 Å². The van der Waals surface area contributed by atoms with Crippen LogP contribution in [-0.2, 0) is 24.8 Å². The SMILES string of the molecule is CCc1nn(C)c(Cl)c1CN1CCCC[C@H]1C(=O)NC. The Kier molecular flexibility index (Phi) is 5.05. The minimum Gasteiger partial charge on any atom is -0.358 e. The van der Waals surface area contributed by atoms with Crippen LogP contribution in [0.15, 0.2) is 0 Å². The fourth-order valence-corrected chi connectivity index (χ4v) is 3.09. The molecule has 1 aliphatic heterocycles. The van der Waals surface area contributed by atoms with Crippen molar-refractivity contribution in [3.8, 4) is 0 Å². The van der Waals surface area contributed by atoms with Gasteiger partial charge < -0.3 is 5.32 Å². The second kappa shape index (κ2) is 6.59. The summed E-state index contributed by atoms with van der Waals surface area (Å²) in [6.07, 6.45) is 4.01. The maximum atomic E-state index is 12.0. The number of piperidine rings is 1. The summed E-state index contributed by atoms with van der Waals surface area (Å²) >= 11 is 6.35. The third-order valence-electron chi connectivity index (χ3n) is 4.01. The van der Waals surface area contributed by atoms with E-state index in [0.29, 0.717) is 11.7 Å². The highest BCUT2D eigenvalue weighted by molar-refractivity contribution is 6.30. The molecule has 1 atom stereocenters. The van der Waals surface area contributed by atoms with Crippen LogP contribution in [-0.4, -0.2) is 40.2 Å². The van der Waals surface area contributed by atoms with Crippen LogP contribution >= 0.6 is 11.6 Å². The van der Waals surface area contributed by atoms with Gasteiger partial charge in [-0.05, 0) is 25.8 Å². The number of aryl methyl sites for hydroxylation is 2. The summed E-state index contributed by atoms with van der Waals surface area (Å²) < 4.78 is 1.72. The van der Waals surface area contributed by atoms with Crippen molar-refractivity contribution in [2.45, 2.75) is 45.2 Å². The van der Waals surface area contributed by atoms with Crippen LogP contribution in [0.25, 0.3) is 0 Å². The molecule has 0 unspecified atom stereocenters. The second-order valence-electron chi connectivity index (χ2n) is 5.29. The zero-order valence-corrected chi connectivity index (χ0v) is 13.2. The standard InChI is InChI=1S/C14H23ClN4O/c1-4-11-10(13(15)18(3)17-11)9-19-8-6-5-7-12(19)14(20)16-2/h12H,4-9H2,1-3H3,(H,16,20)/t12-/m0/s1. The van der Waals surface area contributed by atoms with Crippen LogP contribution in [0.4, 0.5) is 0 Å². The number of nitrogens with zero attached hydrogens (tertiary/aromatic N) is 3. The quantitative estimate of drug-likeness (QED) is 0.921. The van der Waals surface area contributed by atoms with Gasteiger partial charge in [-0.25, -0.2) is 0 Å². The first-order chi connectivity index (χ1) is 9.58. The van der Waals surface area contributed by atoms with Crippen molar-refractivity contribution in [3.63, 3.8) is 0 Å². The number of aromatic nitrogens is 2. The average molecular weight is 299 g/mol. The molecule has 1 aromatic rings. The number of likely N-dealkylation sites (N-methyl/N-ethyl adjacent to an activating group) is 1. The van der Waals surface area contributed by atoms with Crippen molar-refractivity contribution in [3.05, 3.63) is 16.4 Å². The van der Waals surface area contributed by atoms with Gasteiger partial charge in [0.05, 0.1) is 11.7 Å². The Balaban J connectivity index is 2.20. The molecule has 1 amide bonds. The second-order valence-corrected chi connectivity index (χ2v) is 5.65. The third-order valence-corrected chi connectivity index (χ3v) is 4.48. The van der Waals surface area contributed by atoms with Crippen molar-refractivity contribution in [1.82, 2.24) is 20.0 Å². The number of likely N-dealkylation sites (tertiary alicyclic amines) is 1. The smallest absolute Gasteiger partial charge is 0.237 e. The summed E-state index contributed by atoms with van der Waals surface area (Å²) in [5.41, 5.74) is 2.09. The molecular weight excluding hydrogens is 276 g/mol. The first kappa shape index (κ1) is 15.3. The van der Waals surface area contributed by atoms with Gasteiger partial charge in [-0.15, -0.1) is 0 Å². The number of carbonyl (C=O) groups excluding carboxylic acids is 1. The Labute approximate surface area is 125 Å². The summed E-state index contributed by atoms with van der Waals surface area (Å²) in [7, 11) is 3.56. The zero-order valence-electron chi connectivity index (χ0n) is 12.4. The first-order valence-electron chi connectivity index (χ1n) is 7.24.